The molecule has 0 radical (unpaired) electrons. The number of hydrogen-bond acceptors (Lipinski definition) is 3. The zero-order valence-electron chi connectivity index (χ0n) is 9.11. The molecular weight excluding hydrogens is 315 g/mol. The van der Waals surface area contributed by atoms with Crippen molar-refractivity contribution in [2.24, 2.45) is 0 Å². The third kappa shape index (κ3) is 4.29. The second-order valence-electron chi connectivity index (χ2n) is 3.58. The van der Waals surface area contributed by atoms with Crippen LogP contribution in [0.25, 0.3) is 0 Å². The van der Waals surface area contributed by atoms with Crippen LogP contribution in [0, 0.1) is 14.9 Å². The molecule has 1 aromatic rings. The zero-order valence-corrected chi connectivity index (χ0v) is 11.3. The quantitative estimate of drug-likeness (QED) is 0.615. The van der Waals surface area contributed by atoms with Crippen LogP contribution < -0.4 is 0 Å². The predicted octanol–water partition coefficient (Wildman–Crippen LogP) is 2.32. The average Bonchev–Trinajstić information content (AvgIpc) is 2.27. The fourth-order valence-corrected chi connectivity index (χ4v) is 1.65. The van der Waals surface area contributed by atoms with Crippen LogP contribution >= 0.6 is 22.6 Å². The van der Waals surface area contributed by atoms with Gasteiger partial charge in [0.05, 0.1) is 12.6 Å². The maximum atomic E-state index is 11.8. The van der Waals surface area contributed by atoms with E-state index in [0.29, 0.717) is 19.5 Å². The van der Waals surface area contributed by atoms with Crippen molar-refractivity contribution in [1.29, 1.82) is 5.26 Å². The highest BCUT2D eigenvalue weighted by Gasteiger charge is 2.08. The third-order valence-electron chi connectivity index (χ3n) is 2.19. The van der Waals surface area contributed by atoms with Crippen molar-refractivity contribution in [1.82, 2.24) is 4.90 Å². The molecule has 0 amide bonds. The summed E-state index contributed by atoms with van der Waals surface area (Å²) >= 11 is 2.21. The van der Waals surface area contributed by atoms with Gasteiger partial charge in [0.1, 0.15) is 0 Å². The maximum Gasteiger partial charge on any atom is 0.176 e. The number of halogens is 1. The van der Waals surface area contributed by atoms with Crippen LogP contribution in [-0.4, -0.2) is 30.8 Å². The van der Waals surface area contributed by atoms with Gasteiger partial charge < -0.3 is 0 Å². The van der Waals surface area contributed by atoms with Gasteiger partial charge in [-0.05, 0) is 41.8 Å². The Kier molecular flexibility index (Phi) is 5.43. The van der Waals surface area contributed by atoms with E-state index in [2.05, 4.69) is 28.7 Å². The molecule has 0 N–H and O–H groups in total. The number of nitrogens with zero attached hydrogens (tertiary/aromatic N) is 2. The topological polar surface area (TPSA) is 44.1 Å². The van der Waals surface area contributed by atoms with E-state index in [1.807, 2.05) is 36.2 Å². The molecule has 0 fully saturated rings. The van der Waals surface area contributed by atoms with E-state index in [-0.39, 0.29) is 5.78 Å². The SMILES string of the molecule is CN(CCC#N)CC(=O)c1ccc(I)cc1. The highest BCUT2D eigenvalue weighted by atomic mass is 127. The van der Waals surface area contributed by atoms with Gasteiger partial charge in [0.15, 0.2) is 5.78 Å². The number of likely N-dealkylation sites (N-methyl/N-ethyl adjacent to an activating group) is 1. The Bertz CT molecular complexity index is 394. The van der Waals surface area contributed by atoms with Gasteiger partial charge in [0.2, 0.25) is 0 Å². The normalized spacial score (nSPS) is 10.1. The molecule has 0 spiro atoms. The second kappa shape index (κ2) is 6.61. The fourth-order valence-electron chi connectivity index (χ4n) is 1.29. The number of benzene rings is 1. The number of carbonyl (C=O) groups excluding carboxylic acids is 1. The number of carbonyl (C=O) groups is 1. The summed E-state index contributed by atoms with van der Waals surface area (Å²) < 4.78 is 1.12. The van der Waals surface area contributed by atoms with Gasteiger partial charge in [-0.25, -0.2) is 0 Å². The molecule has 0 aliphatic carbocycles. The number of hydrogen-bond donors (Lipinski definition) is 0. The second-order valence-corrected chi connectivity index (χ2v) is 4.82. The Morgan fingerprint density at radius 3 is 2.62 bits per heavy atom. The fraction of sp³-hybridized carbons (Fsp3) is 0.333. The first-order valence-corrected chi connectivity index (χ1v) is 6.05. The van der Waals surface area contributed by atoms with Crippen LogP contribution in [0.5, 0.6) is 0 Å². The molecule has 0 saturated heterocycles. The monoisotopic (exact) mass is 328 g/mol. The molecule has 0 unspecified atom stereocenters. The first kappa shape index (κ1) is 13.1. The molecule has 0 saturated carbocycles. The van der Waals surface area contributed by atoms with Crippen LogP contribution in [0.15, 0.2) is 24.3 Å². The minimum absolute atomic E-state index is 0.0943. The van der Waals surface area contributed by atoms with Gasteiger partial charge in [-0.1, -0.05) is 12.1 Å². The highest BCUT2D eigenvalue weighted by Crippen LogP contribution is 2.07. The van der Waals surface area contributed by atoms with E-state index in [9.17, 15) is 4.79 Å². The molecule has 0 aliphatic heterocycles. The Labute approximate surface area is 109 Å². The van der Waals surface area contributed by atoms with Crippen molar-refractivity contribution < 1.29 is 4.79 Å². The van der Waals surface area contributed by atoms with Crippen molar-refractivity contribution in [3.63, 3.8) is 0 Å². The van der Waals surface area contributed by atoms with Gasteiger partial charge in [0, 0.05) is 22.1 Å². The van der Waals surface area contributed by atoms with Gasteiger partial charge in [-0.15, -0.1) is 0 Å². The van der Waals surface area contributed by atoms with E-state index in [1.165, 1.54) is 0 Å². The van der Waals surface area contributed by atoms with Crippen LogP contribution in [0.3, 0.4) is 0 Å². The lowest BCUT2D eigenvalue weighted by Crippen LogP contribution is -2.26. The molecule has 1 aromatic carbocycles. The minimum atomic E-state index is 0.0943. The largest absolute Gasteiger partial charge is 0.298 e. The van der Waals surface area contributed by atoms with Crippen molar-refractivity contribution >= 4 is 28.4 Å². The third-order valence-corrected chi connectivity index (χ3v) is 2.90. The first-order chi connectivity index (χ1) is 7.63. The molecule has 84 valence electrons. The predicted molar refractivity (Wildman–Crippen MR) is 71.2 cm³/mol. The standard InChI is InChI=1S/C12H13IN2O/c1-15(8-2-7-14)9-12(16)10-3-5-11(13)6-4-10/h3-6H,2,8-9H2,1H3. The minimum Gasteiger partial charge on any atom is -0.298 e. The lowest BCUT2D eigenvalue weighted by atomic mass is 10.1. The first-order valence-electron chi connectivity index (χ1n) is 4.97. The van der Waals surface area contributed by atoms with Gasteiger partial charge in [0.25, 0.3) is 0 Å². The number of rotatable bonds is 5. The summed E-state index contributed by atoms with van der Waals surface area (Å²) in [6, 6.07) is 9.58. The van der Waals surface area contributed by atoms with Crippen LogP contribution in [0.2, 0.25) is 0 Å². The molecule has 1 rings (SSSR count). The molecule has 3 nitrogen and oxygen atoms in total. The van der Waals surface area contributed by atoms with Crippen LogP contribution in [0.4, 0.5) is 0 Å². The Hall–Kier alpha value is -0.930. The Morgan fingerprint density at radius 1 is 1.44 bits per heavy atom. The molecule has 0 bridgehead atoms. The smallest absolute Gasteiger partial charge is 0.176 e. The van der Waals surface area contributed by atoms with Crippen molar-refractivity contribution in [2.75, 3.05) is 20.1 Å². The molecule has 0 aliphatic rings. The van der Waals surface area contributed by atoms with Gasteiger partial charge in [-0.2, -0.15) is 5.26 Å². The number of ketones is 1. The van der Waals surface area contributed by atoms with Gasteiger partial charge in [-0.3, -0.25) is 9.69 Å². The van der Waals surface area contributed by atoms with E-state index < -0.39 is 0 Å². The molecule has 0 atom stereocenters. The summed E-state index contributed by atoms with van der Waals surface area (Å²) in [5.41, 5.74) is 0.726. The zero-order chi connectivity index (χ0) is 12.0. The molecule has 0 aromatic heterocycles. The highest BCUT2D eigenvalue weighted by molar-refractivity contribution is 14.1. The Balaban J connectivity index is 2.52. The molecule has 4 heteroatoms. The van der Waals surface area contributed by atoms with E-state index in [0.717, 1.165) is 9.13 Å². The molecular formula is C12H13IN2O. The van der Waals surface area contributed by atoms with E-state index in [1.54, 1.807) is 0 Å². The van der Waals surface area contributed by atoms with E-state index in [4.69, 9.17) is 5.26 Å². The summed E-state index contributed by atoms with van der Waals surface area (Å²) in [5, 5.41) is 8.43. The van der Waals surface area contributed by atoms with Crippen molar-refractivity contribution in [3.8, 4) is 6.07 Å². The summed E-state index contributed by atoms with van der Waals surface area (Å²) in [5.74, 6) is 0.0943. The van der Waals surface area contributed by atoms with Gasteiger partial charge >= 0.3 is 0 Å². The van der Waals surface area contributed by atoms with Crippen LogP contribution in [0.1, 0.15) is 16.8 Å². The number of nitriles is 1. The van der Waals surface area contributed by atoms with Crippen LogP contribution in [-0.2, 0) is 0 Å². The molecule has 0 heterocycles. The summed E-state index contributed by atoms with van der Waals surface area (Å²) in [7, 11) is 1.85. The average molecular weight is 328 g/mol. The summed E-state index contributed by atoms with van der Waals surface area (Å²) in [6.45, 7) is 0.995. The summed E-state index contributed by atoms with van der Waals surface area (Å²) in [4.78, 5) is 13.7. The Morgan fingerprint density at radius 2 is 2.06 bits per heavy atom. The molecule has 16 heavy (non-hydrogen) atoms. The summed E-state index contributed by atoms with van der Waals surface area (Å²) in [6.07, 6.45) is 0.455. The lowest BCUT2D eigenvalue weighted by molar-refractivity contribution is 0.0947. The number of Topliss-reactive ketones (excluding diaryl/α,β-unsaturated/α-hetero) is 1. The lowest BCUT2D eigenvalue weighted by Gasteiger charge is -2.13. The maximum absolute atomic E-state index is 11.8. The van der Waals surface area contributed by atoms with Crippen molar-refractivity contribution in [3.05, 3.63) is 33.4 Å². The van der Waals surface area contributed by atoms with Crippen molar-refractivity contribution in [2.45, 2.75) is 6.42 Å². The van der Waals surface area contributed by atoms with E-state index >= 15 is 0 Å².